The third-order valence-electron chi connectivity index (χ3n) is 4.74. The zero-order valence-corrected chi connectivity index (χ0v) is 11.2. The number of aromatic nitrogens is 1. The minimum atomic E-state index is -0.535. The van der Waals surface area contributed by atoms with Crippen LogP contribution in [-0.2, 0) is 0 Å². The molecule has 102 valence electrons. The first kappa shape index (κ1) is 12.6. The number of fused-ring (bicyclic) bond motifs is 2. The van der Waals surface area contributed by atoms with Gasteiger partial charge in [-0.3, -0.25) is 9.78 Å². The molecule has 0 saturated heterocycles. The highest BCUT2D eigenvalue weighted by molar-refractivity contribution is 5.94. The fraction of sp³-hybridized carbons (Fsp3) is 0.600. The summed E-state index contributed by atoms with van der Waals surface area (Å²) in [6.45, 7) is 0.752. The number of halogens is 1. The van der Waals surface area contributed by atoms with Gasteiger partial charge in [-0.2, -0.15) is 0 Å². The van der Waals surface area contributed by atoms with Gasteiger partial charge in [0.25, 0.3) is 5.91 Å². The van der Waals surface area contributed by atoms with E-state index in [2.05, 4.69) is 4.98 Å². The van der Waals surface area contributed by atoms with E-state index in [4.69, 9.17) is 0 Å². The summed E-state index contributed by atoms with van der Waals surface area (Å²) in [7, 11) is 1.77. The second-order valence-corrected chi connectivity index (χ2v) is 5.98. The van der Waals surface area contributed by atoms with E-state index in [0.717, 1.165) is 24.6 Å². The Kier molecular flexibility index (Phi) is 3.25. The predicted molar refractivity (Wildman–Crippen MR) is 70.1 cm³/mol. The molecule has 0 radical (unpaired) electrons. The van der Waals surface area contributed by atoms with Crippen LogP contribution in [0.3, 0.4) is 0 Å². The molecule has 2 aliphatic rings. The first-order valence-corrected chi connectivity index (χ1v) is 7.00. The van der Waals surface area contributed by atoms with Gasteiger partial charge in [-0.05, 0) is 43.1 Å². The Balaban J connectivity index is 1.66. The van der Waals surface area contributed by atoms with E-state index in [0.29, 0.717) is 5.92 Å². The van der Waals surface area contributed by atoms with Gasteiger partial charge in [0.1, 0.15) is 0 Å². The summed E-state index contributed by atoms with van der Waals surface area (Å²) in [5.41, 5.74) is 0.126. The van der Waals surface area contributed by atoms with Crippen LogP contribution in [0.4, 0.5) is 4.39 Å². The summed E-state index contributed by atoms with van der Waals surface area (Å²) < 4.78 is 13.6. The highest BCUT2D eigenvalue weighted by atomic mass is 19.1. The van der Waals surface area contributed by atoms with E-state index in [1.165, 1.54) is 37.9 Å². The number of nitrogens with zero attached hydrogens (tertiary/aromatic N) is 2. The van der Waals surface area contributed by atoms with Gasteiger partial charge in [-0.25, -0.2) is 4.39 Å². The summed E-state index contributed by atoms with van der Waals surface area (Å²) >= 11 is 0. The van der Waals surface area contributed by atoms with E-state index in [1.54, 1.807) is 11.9 Å². The number of carbonyl (C=O) groups excluding carboxylic acids is 1. The van der Waals surface area contributed by atoms with Gasteiger partial charge in [-0.1, -0.05) is 6.42 Å². The Morgan fingerprint density at radius 1 is 1.47 bits per heavy atom. The van der Waals surface area contributed by atoms with Crippen molar-refractivity contribution in [3.8, 4) is 0 Å². The third-order valence-corrected chi connectivity index (χ3v) is 4.74. The van der Waals surface area contributed by atoms with Crippen LogP contribution < -0.4 is 0 Å². The molecule has 19 heavy (non-hydrogen) atoms. The predicted octanol–water partition coefficient (Wildman–Crippen LogP) is 2.73. The number of carbonyl (C=O) groups is 1. The average Bonchev–Trinajstić information content (AvgIpc) is 3.00. The van der Waals surface area contributed by atoms with Crippen molar-refractivity contribution in [2.45, 2.75) is 25.7 Å². The van der Waals surface area contributed by atoms with Crippen LogP contribution in [0.15, 0.2) is 18.5 Å². The molecular weight excluding hydrogens is 243 g/mol. The molecule has 3 unspecified atom stereocenters. The SMILES string of the molecule is CN(CC1CC2CCC1C2)C(=O)c1ccncc1F. The number of hydrogen-bond donors (Lipinski definition) is 0. The van der Waals surface area contributed by atoms with Crippen molar-refractivity contribution in [3.05, 3.63) is 29.8 Å². The van der Waals surface area contributed by atoms with Crippen LogP contribution in [0.5, 0.6) is 0 Å². The summed E-state index contributed by atoms with van der Waals surface area (Å²) in [5, 5.41) is 0. The molecule has 2 aliphatic carbocycles. The van der Waals surface area contributed by atoms with Crippen LogP contribution in [0.25, 0.3) is 0 Å². The Morgan fingerprint density at radius 2 is 2.32 bits per heavy atom. The lowest BCUT2D eigenvalue weighted by molar-refractivity contribution is 0.0749. The Hall–Kier alpha value is -1.45. The number of pyridine rings is 1. The van der Waals surface area contributed by atoms with Gasteiger partial charge in [0.2, 0.25) is 0 Å². The van der Waals surface area contributed by atoms with E-state index in [1.807, 2.05) is 0 Å². The van der Waals surface area contributed by atoms with Crippen molar-refractivity contribution in [2.75, 3.05) is 13.6 Å². The van der Waals surface area contributed by atoms with Gasteiger partial charge in [0, 0.05) is 19.8 Å². The minimum absolute atomic E-state index is 0.126. The standard InChI is InChI=1S/C15H19FN2O/c1-18(9-12-7-10-2-3-11(12)6-10)15(19)13-4-5-17-8-14(13)16/h4-5,8,10-12H,2-3,6-7,9H2,1H3. The third kappa shape index (κ3) is 2.36. The molecule has 3 nitrogen and oxygen atoms in total. The maximum atomic E-state index is 13.6. The van der Waals surface area contributed by atoms with E-state index in [-0.39, 0.29) is 11.5 Å². The molecule has 1 aromatic rings. The molecular formula is C15H19FN2O. The molecule has 1 heterocycles. The molecule has 3 atom stereocenters. The quantitative estimate of drug-likeness (QED) is 0.839. The van der Waals surface area contributed by atoms with Crippen LogP contribution in [0.2, 0.25) is 0 Å². The molecule has 3 rings (SSSR count). The molecule has 0 N–H and O–H groups in total. The Morgan fingerprint density at radius 3 is 2.95 bits per heavy atom. The lowest BCUT2D eigenvalue weighted by atomic mass is 9.88. The second-order valence-electron chi connectivity index (χ2n) is 5.98. The summed E-state index contributed by atoms with van der Waals surface area (Å²) in [5.74, 6) is 1.49. The lowest BCUT2D eigenvalue weighted by Crippen LogP contribution is -2.34. The maximum absolute atomic E-state index is 13.6. The van der Waals surface area contributed by atoms with Crippen molar-refractivity contribution in [3.63, 3.8) is 0 Å². The highest BCUT2D eigenvalue weighted by Gasteiger charge is 2.40. The van der Waals surface area contributed by atoms with Crippen LogP contribution in [0, 0.1) is 23.6 Å². The molecule has 0 aliphatic heterocycles. The van der Waals surface area contributed by atoms with Crippen molar-refractivity contribution in [2.24, 2.45) is 17.8 Å². The summed E-state index contributed by atoms with van der Waals surface area (Å²) in [6, 6.07) is 1.45. The Labute approximate surface area is 112 Å². The molecule has 0 spiro atoms. The number of rotatable bonds is 3. The molecule has 4 heteroatoms. The largest absolute Gasteiger partial charge is 0.341 e. The lowest BCUT2D eigenvalue weighted by Gasteiger charge is -2.27. The van der Waals surface area contributed by atoms with Crippen molar-refractivity contribution >= 4 is 5.91 Å². The fourth-order valence-corrected chi connectivity index (χ4v) is 3.79. The zero-order chi connectivity index (χ0) is 13.4. The van der Waals surface area contributed by atoms with Gasteiger partial charge in [0.05, 0.1) is 11.8 Å². The van der Waals surface area contributed by atoms with Gasteiger partial charge in [-0.15, -0.1) is 0 Å². The van der Waals surface area contributed by atoms with Gasteiger partial charge < -0.3 is 4.90 Å². The molecule has 2 fully saturated rings. The molecule has 2 bridgehead atoms. The highest BCUT2D eigenvalue weighted by Crippen LogP contribution is 2.48. The fourth-order valence-electron chi connectivity index (χ4n) is 3.79. The first-order chi connectivity index (χ1) is 9.15. The van der Waals surface area contributed by atoms with E-state index < -0.39 is 5.82 Å². The molecule has 1 amide bonds. The minimum Gasteiger partial charge on any atom is -0.341 e. The second kappa shape index (κ2) is 4.91. The zero-order valence-electron chi connectivity index (χ0n) is 11.2. The smallest absolute Gasteiger partial charge is 0.256 e. The van der Waals surface area contributed by atoms with Crippen molar-refractivity contribution in [1.29, 1.82) is 0 Å². The summed E-state index contributed by atoms with van der Waals surface area (Å²) in [6.07, 6.45) is 7.79. The normalized spacial score (nSPS) is 28.6. The van der Waals surface area contributed by atoms with E-state index in [9.17, 15) is 9.18 Å². The van der Waals surface area contributed by atoms with Crippen LogP contribution in [-0.4, -0.2) is 29.4 Å². The van der Waals surface area contributed by atoms with Crippen molar-refractivity contribution < 1.29 is 9.18 Å². The summed E-state index contributed by atoms with van der Waals surface area (Å²) in [4.78, 5) is 17.6. The topological polar surface area (TPSA) is 33.2 Å². The molecule has 1 aromatic heterocycles. The first-order valence-electron chi connectivity index (χ1n) is 7.00. The maximum Gasteiger partial charge on any atom is 0.256 e. The number of hydrogen-bond acceptors (Lipinski definition) is 2. The number of amides is 1. The van der Waals surface area contributed by atoms with Gasteiger partial charge >= 0.3 is 0 Å². The monoisotopic (exact) mass is 262 g/mol. The van der Waals surface area contributed by atoms with Gasteiger partial charge in [0.15, 0.2) is 5.82 Å². The van der Waals surface area contributed by atoms with Crippen LogP contribution >= 0.6 is 0 Å². The van der Waals surface area contributed by atoms with Crippen molar-refractivity contribution in [1.82, 2.24) is 9.88 Å². The Bertz CT molecular complexity index is 491. The van der Waals surface area contributed by atoms with Crippen LogP contribution in [0.1, 0.15) is 36.0 Å². The average molecular weight is 262 g/mol. The molecule has 2 saturated carbocycles. The van der Waals surface area contributed by atoms with E-state index >= 15 is 0 Å². The molecule has 0 aromatic carbocycles.